The summed E-state index contributed by atoms with van der Waals surface area (Å²) in [6.45, 7) is 0. The SMILES string of the molecule is N#Cc1cnn(-c2nc3ccc(Cl)cc3s2)c1N. The minimum absolute atomic E-state index is 0.294. The highest BCUT2D eigenvalue weighted by molar-refractivity contribution is 7.20. The summed E-state index contributed by atoms with van der Waals surface area (Å²) in [4.78, 5) is 4.40. The monoisotopic (exact) mass is 275 g/mol. The number of nitrogens with zero attached hydrogens (tertiary/aromatic N) is 4. The number of benzene rings is 1. The maximum absolute atomic E-state index is 8.84. The number of fused-ring (bicyclic) bond motifs is 1. The lowest BCUT2D eigenvalue weighted by molar-refractivity contribution is 0.883. The van der Waals surface area contributed by atoms with E-state index in [2.05, 4.69) is 10.1 Å². The Morgan fingerprint density at radius 2 is 2.28 bits per heavy atom. The van der Waals surface area contributed by atoms with Gasteiger partial charge in [0.25, 0.3) is 0 Å². The fourth-order valence-electron chi connectivity index (χ4n) is 1.57. The summed E-state index contributed by atoms with van der Waals surface area (Å²) in [6.07, 6.45) is 1.42. The Hall–Kier alpha value is -2.10. The number of hydrogen-bond donors (Lipinski definition) is 1. The van der Waals surface area contributed by atoms with E-state index >= 15 is 0 Å². The van der Waals surface area contributed by atoms with Crippen LogP contribution >= 0.6 is 22.9 Å². The quantitative estimate of drug-likeness (QED) is 0.740. The molecule has 0 saturated carbocycles. The zero-order chi connectivity index (χ0) is 12.7. The van der Waals surface area contributed by atoms with E-state index in [1.165, 1.54) is 22.2 Å². The zero-order valence-electron chi connectivity index (χ0n) is 8.96. The molecule has 0 unspecified atom stereocenters. The van der Waals surface area contributed by atoms with Gasteiger partial charge in [0.05, 0.1) is 16.4 Å². The molecule has 1 aromatic carbocycles. The lowest BCUT2D eigenvalue weighted by Gasteiger charge is -1.96. The van der Waals surface area contributed by atoms with E-state index in [0.717, 1.165) is 10.2 Å². The van der Waals surface area contributed by atoms with E-state index in [0.29, 0.717) is 21.5 Å². The first-order chi connectivity index (χ1) is 8.69. The van der Waals surface area contributed by atoms with Gasteiger partial charge in [0, 0.05) is 5.02 Å². The zero-order valence-corrected chi connectivity index (χ0v) is 10.5. The van der Waals surface area contributed by atoms with Crippen LogP contribution in [0, 0.1) is 11.3 Å². The van der Waals surface area contributed by atoms with E-state index < -0.39 is 0 Å². The fourth-order valence-corrected chi connectivity index (χ4v) is 2.79. The third-order valence-electron chi connectivity index (χ3n) is 2.45. The standard InChI is InChI=1S/C11H6ClN5S/c12-7-1-2-8-9(3-7)18-11(16-8)17-10(14)6(4-13)5-15-17/h1-3,5H,14H2. The molecular formula is C11H6ClN5S. The number of aromatic nitrogens is 3. The smallest absolute Gasteiger partial charge is 0.213 e. The average Bonchev–Trinajstić information content (AvgIpc) is 2.91. The molecule has 0 fully saturated rings. The largest absolute Gasteiger partial charge is 0.382 e. The third-order valence-corrected chi connectivity index (χ3v) is 3.68. The Bertz CT molecular complexity index is 782. The van der Waals surface area contributed by atoms with Crippen LogP contribution in [0.2, 0.25) is 5.02 Å². The van der Waals surface area contributed by atoms with Crippen molar-refractivity contribution < 1.29 is 0 Å². The first-order valence-electron chi connectivity index (χ1n) is 4.99. The number of thiazole rings is 1. The molecule has 2 aromatic heterocycles. The van der Waals surface area contributed by atoms with Gasteiger partial charge in [0.15, 0.2) is 0 Å². The first kappa shape index (κ1) is 11.0. The number of rotatable bonds is 1. The van der Waals surface area contributed by atoms with Gasteiger partial charge in [-0.15, -0.1) is 0 Å². The van der Waals surface area contributed by atoms with Gasteiger partial charge in [-0.1, -0.05) is 22.9 Å². The van der Waals surface area contributed by atoms with Gasteiger partial charge in [0.2, 0.25) is 5.13 Å². The second kappa shape index (κ2) is 3.98. The summed E-state index contributed by atoms with van der Waals surface area (Å²) in [5.41, 5.74) is 6.98. The van der Waals surface area contributed by atoms with Crippen LogP contribution in [-0.2, 0) is 0 Å². The van der Waals surface area contributed by atoms with E-state index in [9.17, 15) is 0 Å². The van der Waals surface area contributed by atoms with Crippen molar-refractivity contribution in [1.29, 1.82) is 5.26 Å². The molecule has 0 aliphatic carbocycles. The topological polar surface area (TPSA) is 80.5 Å². The second-order valence-corrected chi connectivity index (χ2v) is 5.02. The maximum atomic E-state index is 8.84. The summed E-state index contributed by atoms with van der Waals surface area (Å²) in [5, 5.41) is 14.2. The second-order valence-electron chi connectivity index (χ2n) is 3.58. The van der Waals surface area contributed by atoms with Crippen LogP contribution in [0.5, 0.6) is 0 Å². The van der Waals surface area contributed by atoms with Gasteiger partial charge in [0.1, 0.15) is 17.5 Å². The van der Waals surface area contributed by atoms with E-state index in [-0.39, 0.29) is 0 Å². The lowest BCUT2D eigenvalue weighted by Crippen LogP contribution is -2.01. The van der Waals surface area contributed by atoms with Crippen molar-refractivity contribution in [2.75, 3.05) is 5.73 Å². The average molecular weight is 276 g/mol. The molecule has 3 aromatic rings. The molecule has 0 aliphatic rings. The minimum atomic E-state index is 0.294. The van der Waals surface area contributed by atoms with Gasteiger partial charge in [-0.3, -0.25) is 0 Å². The summed E-state index contributed by atoms with van der Waals surface area (Å²) in [5.74, 6) is 0.294. The summed E-state index contributed by atoms with van der Waals surface area (Å²) in [7, 11) is 0. The molecule has 5 nitrogen and oxygen atoms in total. The van der Waals surface area contributed by atoms with E-state index in [4.69, 9.17) is 22.6 Å². The molecule has 7 heteroatoms. The highest BCUT2D eigenvalue weighted by Crippen LogP contribution is 2.28. The van der Waals surface area contributed by atoms with Crippen LogP contribution in [0.3, 0.4) is 0 Å². The first-order valence-corrected chi connectivity index (χ1v) is 6.18. The van der Waals surface area contributed by atoms with Crippen molar-refractivity contribution >= 4 is 39.0 Å². The summed E-state index contributed by atoms with van der Waals surface area (Å²) >= 11 is 7.34. The Balaban J connectivity index is 2.20. The van der Waals surface area contributed by atoms with Gasteiger partial charge in [-0.25, -0.2) is 4.98 Å². The molecule has 0 spiro atoms. The van der Waals surface area contributed by atoms with Crippen LogP contribution in [0.4, 0.5) is 5.82 Å². The molecule has 0 bridgehead atoms. The number of hydrogen-bond acceptors (Lipinski definition) is 5. The van der Waals surface area contributed by atoms with Crippen LogP contribution in [0.25, 0.3) is 15.3 Å². The van der Waals surface area contributed by atoms with Gasteiger partial charge < -0.3 is 5.73 Å². The molecule has 18 heavy (non-hydrogen) atoms. The lowest BCUT2D eigenvalue weighted by atomic mass is 10.3. The minimum Gasteiger partial charge on any atom is -0.382 e. The van der Waals surface area contributed by atoms with Gasteiger partial charge >= 0.3 is 0 Å². The number of anilines is 1. The molecule has 0 aliphatic heterocycles. The van der Waals surface area contributed by atoms with E-state index in [1.54, 1.807) is 6.07 Å². The third kappa shape index (κ3) is 1.61. The highest BCUT2D eigenvalue weighted by atomic mass is 35.5. The van der Waals surface area contributed by atoms with Crippen molar-refractivity contribution in [2.24, 2.45) is 0 Å². The van der Waals surface area contributed by atoms with Gasteiger partial charge in [-0.05, 0) is 18.2 Å². The molecule has 0 amide bonds. The number of nitrogen functional groups attached to an aromatic ring is 1. The highest BCUT2D eigenvalue weighted by Gasteiger charge is 2.12. The predicted molar refractivity (Wildman–Crippen MR) is 70.9 cm³/mol. The molecule has 2 N–H and O–H groups in total. The molecule has 3 rings (SSSR count). The molecule has 88 valence electrons. The van der Waals surface area contributed by atoms with Crippen molar-refractivity contribution in [3.05, 3.63) is 35.0 Å². The predicted octanol–water partition coefficient (Wildman–Crippen LogP) is 2.59. The molecule has 2 heterocycles. The van der Waals surface area contributed by atoms with Gasteiger partial charge in [-0.2, -0.15) is 15.0 Å². The summed E-state index contributed by atoms with van der Waals surface area (Å²) in [6, 6.07) is 7.43. The molecule has 0 atom stereocenters. The Morgan fingerprint density at radius 3 is 3.00 bits per heavy atom. The summed E-state index contributed by atoms with van der Waals surface area (Å²) < 4.78 is 2.41. The van der Waals surface area contributed by atoms with Crippen LogP contribution in [-0.4, -0.2) is 14.8 Å². The Kier molecular flexibility index (Phi) is 2.44. The normalized spacial score (nSPS) is 10.7. The molecule has 0 saturated heterocycles. The van der Waals surface area contributed by atoms with Crippen molar-refractivity contribution in [2.45, 2.75) is 0 Å². The Labute approximate surface area is 111 Å². The molecule has 0 radical (unpaired) electrons. The number of nitrogens with two attached hydrogens (primary N) is 1. The van der Waals surface area contributed by atoms with Crippen LogP contribution in [0.1, 0.15) is 5.56 Å². The fraction of sp³-hybridized carbons (Fsp3) is 0. The number of halogens is 1. The Morgan fingerprint density at radius 1 is 1.44 bits per heavy atom. The van der Waals surface area contributed by atoms with Crippen LogP contribution < -0.4 is 5.73 Å². The van der Waals surface area contributed by atoms with Crippen molar-refractivity contribution in [1.82, 2.24) is 14.8 Å². The van der Waals surface area contributed by atoms with Crippen LogP contribution in [0.15, 0.2) is 24.4 Å². The molecular weight excluding hydrogens is 270 g/mol. The van der Waals surface area contributed by atoms with Crippen molar-refractivity contribution in [3.8, 4) is 11.2 Å². The maximum Gasteiger partial charge on any atom is 0.213 e. The van der Waals surface area contributed by atoms with E-state index in [1.807, 2.05) is 18.2 Å². The van der Waals surface area contributed by atoms with Crippen molar-refractivity contribution in [3.63, 3.8) is 0 Å². The number of nitriles is 1.